The number of amides is 2. The highest BCUT2D eigenvalue weighted by atomic mass is 32.1. The van der Waals surface area contributed by atoms with Crippen molar-refractivity contribution < 1.29 is 14.0 Å². The fourth-order valence-corrected chi connectivity index (χ4v) is 2.78. The van der Waals surface area contributed by atoms with E-state index < -0.39 is 17.6 Å². The zero-order chi connectivity index (χ0) is 17.9. The number of hydrogen-bond acceptors (Lipinski definition) is 5. The standard InChI is InChI=1S/C16H17FN4O2S/c1-8(2)20-16(23)13(18)11-7-24-14(19)12(11)15(22)21-10-5-3-9(17)4-6-10/h3-8,18H,19H2,1-2H3,(H,20,23)(H,21,22). The summed E-state index contributed by atoms with van der Waals surface area (Å²) in [5.74, 6) is -1.56. The van der Waals surface area contributed by atoms with Gasteiger partial charge in [-0.2, -0.15) is 0 Å². The van der Waals surface area contributed by atoms with E-state index in [9.17, 15) is 14.0 Å². The van der Waals surface area contributed by atoms with Gasteiger partial charge >= 0.3 is 0 Å². The lowest BCUT2D eigenvalue weighted by Crippen LogP contribution is -2.36. The minimum atomic E-state index is -0.585. The van der Waals surface area contributed by atoms with Crippen molar-refractivity contribution in [1.29, 1.82) is 5.41 Å². The molecule has 8 heteroatoms. The first-order valence-electron chi connectivity index (χ1n) is 7.13. The molecular weight excluding hydrogens is 331 g/mol. The van der Waals surface area contributed by atoms with Gasteiger partial charge in [-0.15, -0.1) is 11.3 Å². The average molecular weight is 348 g/mol. The first-order valence-corrected chi connectivity index (χ1v) is 8.01. The summed E-state index contributed by atoms with van der Waals surface area (Å²) in [4.78, 5) is 24.4. The Balaban J connectivity index is 2.25. The van der Waals surface area contributed by atoms with Crippen LogP contribution in [0.15, 0.2) is 29.6 Å². The maximum atomic E-state index is 12.9. The van der Waals surface area contributed by atoms with E-state index in [1.54, 1.807) is 13.8 Å². The average Bonchev–Trinajstić information content (AvgIpc) is 2.89. The van der Waals surface area contributed by atoms with Crippen molar-refractivity contribution >= 4 is 39.6 Å². The predicted octanol–water partition coefficient (Wildman–Crippen LogP) is 2.61. The summed E-state index contributed by atoms with van der Waals surface area (Å²) in [5, 5.41) is 14.9. The molecule has 0 fully saturated rings. The molecule has 0 aliphatic rings. The van der Waals surface area contributed by atoms with Gasteiger partial charge in [-0.3, -0.25) is 15.0 Å². The predicted molar refractivity (Wildman–Crippen MR) is 93.2 cm³/mol. The quantitative estimate of drug-likeness (QED) is 0.624. The van der Waals surface area contributed by atoms with Crippen LogP contribution < -0.4 is 16.4 Å². The smallest absolute Gasteiger partial charge is 0.270 e. The summed E-state index contributed by atoms with van der Waals surface area (Å²) in [6.45, 7) is 3.55. The summed E-state index contributed by atoms with van der Waals surface area (Å²) in [5.41, 5.74) is 6.11. The summed E-state index contributed by atoms with van der Waals surface area (Å²) < 4.78 is 12.9. The van der Waals surface area contributed by atoms with Gasteiger partial charge in [-0.05, 0) is 38.1 Å². The molecule has 0 saturated heterocycles. The number of nitrogen functional groups attached to an aromatic ring is 1. The van der Waals surface area contributed by atoms with Gasteiger partial charge in [0.05, 0.1) is 10.6 Å². The second-order valence-corrected chi connectivity index (χ2v) is 6.26. The van der Waals surface area contributed by atoms with Crippen molar-refractivity contribution in [3.63, 3.8) is 0 Å². The molecule has 126 valence electrons. The molecule has 6 nitrogen and oxygen atoms in total. The van der Waals surface area contributed by atoms with Crippen LogP contribution >= 0.6 is 11.3 Å². The maximum Gasteiger partial charge on any atom is 0.270 e. The monoisotopic (exact) mass is 348 g/mol. The van der Waals surface area contributed by atoms with Crippen LogP contribution in [0.25, 0.3) is 0 Å². The van der Waals surface area contributed by atoms with Crippen LogP contribution in [-0.4, -0.2) is 23.6 Å². The Kier molecular flexibility index (Phi) is 5.30. The molecule has 1 aromatic carbocycles. The molecule has 0 bridgehead atoms. The normalized spacial score (nSPS) is 10.5. The van der Waals surface area contributed by atoms with Crippen LogP contribution in [0.1, 0.15) is 29.8 Å². The highest BCUT2D eigenvalue weighted by Crippen LogP contribution is 2.27. The molecule has 2 rings (SSSR count). The zero-order valence-corrected chi connectivity index (χ0v) is 14.0. The van der Waals surface area contributed by atoms with Crippen LogP contribution in [0.4, 0.5) is 15.1 Å². The molecule has 0 spiro atoms. The van der Waals surface area contributed by atoms with Crippen molar-refractivity contribution in [1.82, 2.24) is 5.32 Å². The summed E-state index contributed by atoms with van der Waals surface area (Å²) in [7, 11) is 0. The maximum absolute atomic E-state index is 12.9. The molecular formula is C16H17FN4O2S. The van der Waals surface area contributed by atoms with Gasteiger partial charge in [0.25, 0.3) is 11.8 Å². The van der Waals surface area contributed by atoms with Gasteiger partial charge in [0.15, 0.2) is 0 Å². The second-order valence-electron chi connectivity index (χ2n) is 5.35. The van der Waals surface area contributed by atoms with Crippen LogP contribution in [0.3, 0.4) is 0 Å². The first-order chi connectivity index (χ1) is 11.3. The summed E-state index contributed by atoms with van der Waals surface area (Å²) in [6.07, 6.45) is 0. The van der Waals surface area contributed by atoms with Crippen molar-refractivity contribution in [2.24, 2.45) is 0 Å². The van der Waals surface area contributed by atoms with Crippen LogP contribution in [-0.2, 0) is 4.79 Å². The molecule has 0 aliphatic carbocycles. The Morgan fingerprint density at radius 3 is 2.46 bits per heavy atom. The number of nitrogens with two attached hydrogens (primary N) is 1. The molecule has 1 aromatic heterocycles. The third-order valence-electron chi connectivity index (χ3n) is 3.06. The van der Waals surface area contributed by atoms with E-state index >= 15 is 0 Å². The van der Waals surface area contributed by atoms with E-state index in [0.717, 1.165) is 11.3 Å². The number of hydrogen-bond donors (Lipinski definition) is 4. The molecule has 2 amide bonds. The lowest BCUT2D eigenvalue weighted by Gasteiger charge is -2.11. The third kappa shape index (κ3) is 3.96. The minimum absolute atomic E-state index is 0.0632. The van der Waals surface area contributed by atoms with E-state index in [1.807, 2.05) is 0 Å². The lowest BCUT2D eigenvalue weighted by atomic mass is 10.1. The van der Waals surface area contributed by atoms with E-state index in [-0.39, 0.29) is 27.9 Å². The Bertz CT molecular complexity index is 784. The SMILES string of the molecule is CC(C)NC(=O)C(=N)c1csc(N)c1C(=O)Nc1ccc(F)cc1. The lowest BCUT2D eigenvalue weighted by molar-refractivity contribution is -0.115. The molecule has 2 aromatic rings. The van der Waals surface area contributed by atoms with E-state index in [0.29, 0.717) is 5.69 Å². The molecule has 0 radical (unpaired) electrons. The number of nitrogens with one attached hydrogen (secondary N) is 3. The first kappa shape index (κ1) is 17.6. The molecule has 0 saturated carbocycles. The topological polar surface area (TPSA) is 108 Å². The van der Waals surface area contributed by atoms with Crippen molar-refractivity contribution in [2.75, 3.05) is 11.1 Å². The third-order valence-corrected chi connectivity index (χ3v) is 3.88. The number of carbonyl (C=O) groups excluding carboxylic acids is 2. The van der Waals surface area contributed by atoms with E-state index in [2.05, 4.69) is 10.6 Å². The highest BCUT2D eigenvalue weighted by Gasteiger charge is 2.24. The largest absolute Gasteiger partial charge is 0.390 e. The van der Waals surface area contributed by atoms with Gasteiger partial charge < -0.3 is 16.4 Å². The van der Waals surface area contributed by atoms with Crippen molar-refractivity contribution in [2.45, 2.75) is 19.9 Å². The van der Waals surface area contributed by atoms with Gasteiger partial charge in [-0.1, -0.05) is 0 Å². The Labute approximate surface area is 142 Å². The summed E-state index contributed by atoms with van der Waals surface area (Å²) >= 11 is 1.07. The van der Waals surface area contributed by atoms with Crippen LogP contribution in [0, 0.1) is 11.2 Å². The van der Waals surface area contributed by atoms with Crippen LogP contribution in [0.5, 0.6) is 0 Å². The van der Waals surface area contributed by atoms with Gasteiger partial charge in [0.1, 0.15) is 11.5 Å². The number of carbonyl (C=O) groups is 2. The molecule has 5 N–H and O–H groups in total. The van der Waals surface area contributed by atoms with Crippen molar-refractivity contribution in [3.05, 3.63) is 46.6 Å². The number of halogens is 1. The minimum Gasteiger partial charge on any atom is -0.390 e. The van der Waals surface area contributed by atoms with Crippen molar-refractivity contribution in [3.8, 4) is 0 Å². The number of thiophene rings is 1. The highest BCUT2D eigenvalue weighted by molar-refractivity contribution is 7.14. The molecule has 1 heterocycles. The van der Waals surface area contributed by atoms with E-state index in [1.165, 1.54) is 29.6 Å². The molecule has 0 unspecified atom stereocenters. The fraction of sp³-hybridized carbons (Fsp3) is 0.188. The molecule has 0 atom stereocenters. The second kappa shape index (κ2) is 7.22. The molecule has 24 heavy (non-hydrogen) atoms. The number of anilines is 2. The van der Waals surface area contributed by atoms with Crippen LogP contribution in [0.2, 0.25) is 0 Å². The number of benzene rings is 1. The zero-order valence-electron chi connectivity index (χ0n) is 13.1. The Morgan fingerprint density at radius 1 is 1.25 bits per heavy atom. The fourth-order valence-electron chi connectivity index (χ4n) is 1.97. The van der Waals surface area contributed by atoms with E-state index in [4.69, 9.17) is 11.1 Å². The van der Waals surface area contributed by atoms with Gasteiger partial charge in [-0.25, -0.2) is 4.39 Å². The number of rotatable bonds is 5. The Hall–Kier alpha value is -2.74. The molecule has 0 aliphatic heterocycles. The van der Waals surface area contributed by atoms with Gasteiger partial charge in [0.2, 0.25) is 0 Å². The Morgan fingerprint density at radius 2 is 1.88 bits per heavy atom. The van der Waals surface area contributed by atoms with Gasteiger partial charge in [0, 0.05) is 22.7 Å². The summed E-state index contributed by atoms with van der Waals surface area (Å²) in [6, 6.07) is 5.11.